The van der Waals surface area contributed by atoms with Crippen LogP contribution in [0.15, 0.2) is 36.5 Å². The van der Waals surface area contributed by atoms with Gasteiger partial charge in [-0.1, -0.05) is 0 Å². The van der Waals surface area contributed by atoms with Crippen LogP contribution in [-0.4, -0.2) is 13.3 Å². The fraction of sp³-hybridized carbons (Fsp3) is 0.450. The molecule has 0 saturated heterocycles. The summed E-state index contributed by atoms with van der Waals surface area (Å²) in [6.07, 6.45) is 0.862. The fourth-order valence-corrected chi connectivity index (χ4v) is 5.16. The zero-order valence-corrected chi connectivity index (χ0v) is 17.1. The Morgan fingerprint density at radius 2 is 1.82 bits per heavy atom. The van der Waals surface area contributed by atoms with Gasteiger partial charge < -0.3 is 0 Å². The van der Waals surface area contributed by atoms with Crippen molar-refractivity contribution in [3.05, 3.63) is 47.7 Å². The first-order chi connectivity index (χ1) is 11.0. The molecule has 0 bridgehead atoms. The molecular formula is C20H30GeN+. The summed E-state index contributed by atoms with van der Waals surface area (Å²) in [6, 6.07) is 10.4. The molecule has 0 atom stereocenters. The number of aromatic nitrogens is 1. The van der Waals surface area contributed by atoms with E-state index in [0.29, 0.717) is 0 Å². The Morgan fingerprint density at radius 1 is 1.18 bits per heavy atom. The molecule has 0 aliphatic carbocycles. The molecule has 0 spiro atoms. The number of nitrogens with zero attached hydrogens (tertiary/aromatic N) is 1. The molecule has 1 aromatic heterocycles. The van der Waals surface area contributed by atoms with Crippen molar-refractivity contribution in [2.24, 2.45) is 13.0 Å². The fourth-order valence-electron chi connectivity index (χ4n) is 2.73. The van der Waals surface area contributed by atoms with Crippen LogP contribution in [0.3, 0.4) is 0 Å². The first-order valence-electron chi connectivity index (χ1n) is 9.07. The third kappa shape index (κ3) is 3.81. The van der Waals surface area contributed by atoms with Gasteiger partial charge in [0.2, 0.25) is 0 Å². The molecule has 2 aromatic rings. The molecule has 22 heavy (non-hydrogen) atoms. The maximum absolute atomic E-state index is 8.75. The summed E-state index contributed by atoms with van der Waals surface area (Å²) in [6.45, 7) is 6.03. The predicted octanol–water partition coefficient (Wildman–Crippen LogP) is 4.23. The first-order valence-corrected chi connectivity index (χ1v) is 15.4. The molecule has 0 amide bonds. The second-order valence-electron chi connectivity index (χ2n) is 7.47. The van der Waals surface area contributed by atoms with Gasteiger partial charge in [-0.25, -0.2) is 0 Å². The van der Waals surface area contributed by atoms with Crippen molar-refractivity contribution in [2.45, 2.75) is 44.4 Å². The van der Waals surface area contributed by atoms with Crippen molar-refractivity contribution < 1.29 is 7.31 Å². The van der Waals surface area contributed by atoms with Crippen LogP contribution in [0.25, 0.3) is 11.3 Å². The summed E-state index contributed by atoms with van der Waals surface area (Å²) in [7, 11) is 2.05. The second-order valence-corrected chi connectivity index (χ2v) is 18.1. The number of aryl methyl sites for hydroxylation is 2. The molecule has 118 valence electrons. The van der Waals surface area contributed by atoms with Gasteiger partial charge in [0.1, 0.15) is 0 Å². The molecule has 2 rings (SSSR count). The van der Waals surface area contributed by atoms with Gasteiger partial charge in [0.25, 0.3) is 0 Å². The standard InChI is InChI=1S/C20H30GeN/c1-15(2)12-17-13-18(21(4,5)6)14-22(7)20(17)19-11-9-8-10-16(19)3/h8-11,13-15H,12H2,1-7H3/q+1/i12D2. The van der Waals surface area contributed by atoms with Crippen molar-refractivity contribution in [1.82, 2.24) is 0 Å². The van der Waals surface area contributed by atoms with Crippen LogP contribution < -0.4 is 8.96 Å². The average molecular weight is 359 g/mol. The van der Waals surface area contributed by atoms with Crippen LogP contribution in [-0.2, 0) is 13.4 Å². The molecule has 1 aromatic carbocycles. The van der Waals surface area contributed by atoms with Gasteiger partial charge in [0.15, 0.2) is 0 Å². The Hall–Kier alpha value is -1.09. The van der Waals surface area contributed by atoms with E-state index in [1.54, 1.807) is 0 Å². The molecule has 0 fully saturated rings. The van der Waals surface area contributed by atoms with E-state index in [9.17, 15) is 0 Å². The van der Waals surface area contributed by atoms with E-state index in [2.05, 4.69) is 60.2 Å². The molecule has 0 radical (unpaired) electrons. The van der Waals surface area contributed by atoms with Crippen molar-refractivity contribution in [1.29, 1.82) is 0 Å². The number of hydrogen-bond acceptors (Lipinski definition) is 0. The van der Waals surface area contributed by atoms with Crippen LogP contribution in [0.5, 0.6) is 0 Å². The maximum atomic E-state index is 8.75. The van der Waals surface area contributed by atoms with Gasteiger partial charge in [-0.3, -0.25) is 0 Å². The van der Waals surface area contributed by atoms with E-state index in [4.69, 9.17) is 2.74 Å². The molecule has 1 heterocycles. The summed E-state index contributed by atoms with van der Waals surface area (Å²) in [5, 5.41) is 0. The number of benzene rings is 1. The van der Waals surface area contributed by atoms with Crippen molar-refractivity contribution >= 4 is 17.7 Å². The van der Waals surface area contributed by atoms with Crippen molar-refractivity contribution in [3.8, 4) is 11.3 Å². The first kappa shape index (κ1) is 14.5. The molecule has 0 unspecified atom stereocenters. The van der Waals surface area contributed by atoms with E-state index in [0.717, 1.165) is 16.8 Å². The predicted molar refractivity (Wildman–Crippen MR) is 99.3 cm³/mol. The van der Waals surface area contributed by atoms with E-state index in [1.165, 1.54) is 9.96 Å². The zero-order chi connectivity index (χ0) is 18.3. The van der Waals surface area contributed by atoms with E-state index in [-0.39, 0.29) is 5.92 Å². The summed E-state index contributed by atoms with van der Waals surface area (Å²) >= 11 is -2.06. The number of pyridine rings is 1. The van der Waals surface area contributed by atoms with Crippen LogP contribution in [0, 0.1) is 12.8 Å². The summed E-state index contributed by atoms with van der Waals surface area (Å²) in [5.41, 5.74) is 4.13. The normalized spacial score (nSPS) is 14.0. The van der Waals surface area contributed by atoms with Crippen molar-refractivity contribution in [2.75, 3.05) is 0 Å². The van der Waals surface area contributed by atoms with Gasteiger partial charge in [-0.15, -0.1) is 0 Å². The van der Waals surface area contributed by atoms with Gasteiger partial charge in [-0.05, 0) is 0 Å². The molecule has 0 N–H and O–H groups in total. The van der Waals surface area contributed by atoms with Crippen LogP contribution in [0.2, 0.25) is 17.3 Å². The second kappa shape index (κ2) is 6.58. The topological polar surface area (TPSA) is 3.88 Å². The van der Waals surface area contributed by atoms with Crippen LogP contribution in [0.4, 0.5) is 0 Å². The third-order valence-corrected chi connectivity index (χ3v) is 8.16. The molecule has 2 heteroatoms. The Morgan fingerprint density at radius 3 is 2.36 bits per heavy atom. The summed E-state index contributed by atoms with van der Waals surface area (Å²) < 4.78 is 21.0. The Kier molecular flexibility index (Phi) is 4.33. The minimum atomic E-state index is -2.06. The quantitative estimate of drug-likeness (QED) is 0.568. The Balaban J connectivity index is 2.87. The third-order valence-electron chi connectivity index (χ3n) is 3.95. The van der Waals surface area contributed by atoms with Crippen LogP contribution >= 0.6 is 0 Å². The summed E-state index contributed by atoms with van der Waals surface area (Å²) in [5.74, 6) is 7.00. The Labute approximate surface area is 141 Å². The van der Waals surface area contributed by atoms with Gasteiger partial charge in [0, 0.05) is 0 Å². The molecule has 0 aliphatic rings. The number of rotatable bonds is 4. The molecule has 1 nitrogen and oxygen atoms in total. The molecular weight excluding hydrogens is 327 g/mol. The van der Waals surface area contributed by atoms with E-state index in [1.807, 2.05) is 26.0 Å². The summed E-state index contributed by atoms with van der Waals surface area (Å²) in [4.78, 5) is 0. The SMILES string of the molecule is [2H]C([2H])(c1c[c]([Ge]([CH3])([CH3])[CH3])c[n+](C)c1-c1ccccc1C)C(C)C. The Bertz CT molecular complexity index is 746. The van der Waals surface area contributed by atoms with Gasteiger partial charge in [-0.2, -0.15) is 0 Å². The zero-order valence-electron chi connectivity index (χ0n) is 17.0. The molecule has 0 saturated carbocycles. The van der Waals surface area contributed by atoms with Crippen LogP contribution in [0.1, 0.15) is 27.7 Å². The monoisotopic (exact) mass is 360 g/mol. The van der Waals surface area contributed by atoms with Crippen molar-refractivity contribution in [3.63, 3.8) is 0 Å². The minimum absolute atomic E-state index is 0.0806. The average Bonchev–Trinajstić information content (AvgIpc) is 2.46. The van der Waals surface area contributed by atoms with Gasteiger partial charge in [0.05, 0.1) is 0 Å². The van der Waals surface area contributed by atoms with E-state index >= 15 is 0 Å². The number of hydrogen-bond donors (Lipinski definition) is 0. The van der Waals surface area contributed by atoms with E-state index < -0.39 is 19.6 Å². The van der Waals surface area contributed by atoms with Gasteiger partial charge >= 0.3 is 141 Å². The molecule has 0 aliphatic heterocycles.